The number of carbonyl (C=O) groups is 1. The minimum absolute atomic E-state index is 0.0515. The Morgan fingerprint density at radius 1 is 1.19 bits per heavy atom. The molecule has 1 saturated heterocycles. The zero-order chi connectivity index (χ0) is 22.7. The van der Waals surface area contributed by atoms with Gasteiger partial charge in [0.1, 0.15) is 5.82 Å². The smallest absolute Gasteiger partial charge is 0.254 e. The highest BCUT2D eigenvalue weighted by Crippen LogP contribution is 2.32. The molecule has 1 aliphatic heterocycles. The molecule has 1 N–H and O–H groups in total. The van der Waals surface area contributed by atoms with Gasteiger partial charge in [0.05, 0.1) is 23.5 Å². The maximum Gasteiger partial charge on any atom is 0.254 e. The summed E-state index contributed by atoms with van der Waals surface area (Å²) in [5, 5.41) is 7.81. The highest BCUT2D eigenvalue weighted by Gasteiger charge is 2.29. The molecule has 6 nitrogen and oxygen atoms in total. The molecular formula is C24H27ClFN5O. The maximum absolute atomic E-state index is 14.7. The van der Waals surface area contributed by atoms with Gasteiger partial charge in [0.2, 0.25) is 0 Å². The van der Waals surface area contributed by atoms with Crippen molar-refractivity contribution in [2.24, 2.45) is 0 Å². The van der Waals surface area contributed by atoms with Gasteiger partial charge in [-0.3, -0.25) is 9.69 Å². The van der Waals surface area contributed by atoms with E-state index in [1.165, 1.54) is 6.07 Å². The molecule has 1 atom stereocenters. The predicted molar refractivity (Wildman–Crippen MR) is 123 cm³/mol. The van der Waals surface area contributed by atoms with E-state index < -0.39 is 0 Å². The summed E-state index contributed by atoms with van der Waals surface area (Å²) in [6.07, 6.45) is 5.36. The van der Waals surface area contributed by atoms with Crippen LogP contribution < -0.4 is 5.32 Å². The molecule has 1 aromatic carbocycles. The Morgan fingerprint density at radius 3 is 2.62 bits per heavy atom. The summed E-state index contributed by atoms with van der Waals surface area (Å²) in [6, 6.07) is 9.95. The topological polar surface area (TPSA) is 63.1 Å². The average molecular weight is 456 g/mol. The molecule has 168 valence electrons. The van der Waals surface area contributed by atoms with Crippen LogP contribution in [0.25, 0.3) is 5.82 Å². The van der Waals surface area contributed by atoms with E-state index in [4.69, 9.17) is 11.6 Å². The molecule has 1 unspecified atom stereocenters. The van der Waals surface area contributed by atoms with Crippen molar-refractivity contribution < 1.29 is 9.18 Å². The van der Waals surface area contributed by atoms with Crippen LogP contribution in [0.1, 0.15) is 60.3 Å². The molecule has 0 spiro atoms. The monoisotopic (exact) mass is 455 g/mol. The van der Waals surface area contributed by atoms with Crippen molar-refractivity contribution in [1.29, 1.82) is 0 Å². The largest absolute Gasteiger partial charge is 0.350 e. The fourth-order valence-electron chi connectivity index (χ4n) is 4.33. The van der Waals surface area contributed by atoms with Crippen LogP contribution in [0.2, 0.25) is 5.02 Å². The van der Waals surface area contributed by atoms with E-state index >= 15 is 0 Å². The Kier molecular flexibility index (Phi) is 6.86. The first-order valence-electron chi connectivity index (χ1n) is 10.9. The number of pyridine rings is 1. The zero-order valence-electron chi connectivity index (χ0n) is 18.3. The molecule has 0 radical (unpaired) electrons. The normalized spacial score (nSPS) is 15.3. The average Bonchev–Trinajstić information content (AvgIpc) is 3.46. The van der Waals surface area contributed by atoms with E-state index in [0.717, 1.165) is 31.6 Å². The number of benzene rings is 1. The van der Waals surface area contributed by atoms with Crippen molar-refractivity contribution in [3.05, 3.63) is 76.5 Å². The van der Waals surface area contributed by atoms with Crippen LogP contribution in [0.5, 0.6) is 0 Å². The Hall–Kier alpha value is -2.77. The number of halogens is 2. The summed E-state index contributed by atoms with van der Waals surface area (Å²) in [7, 11) is 0. The highest BCUT2D eigenvalue weighted by atomic mass is 35.5. The fraction of sp³-hybridized carbons (Fsp3) is 0.375. The summed E-state index contributed by atoms with van der Waals surface area (Å²) >= 11 is 6.37. The molecule has 8 heteroatoms. The first-order chi connectivity index (χ1) is 15.5. The summed E-state index contributed by atoms with van der Waals surface area (Å²) in [4.78, 5) is 19.7. The second-order valence-corrected chi connectivity index (χ2v) is 8.71. The summed E-state index contributed by atoms with van der Waals surface area (Å²) in [5.74, 6) is 0.112. The third-order valence-corrected chi connectivity index (χ3v) is 6.16. The summed E-state index contributed by atoms with van der Waals surface area (Å²) < 4.78 is 16.4. The second-order valence-electron chi connectivity index (χ2n) is 8.30. The molecular weight excluding hydrogens is 429 g/mol. The SMILES string of the molecule is CC(C)c1c(C(=O)NCC(c2c(F)cccc2Cl)N2CCCC2)cnn1-c1ccccn1. The Bertz CT molecular complexity index is 1060. The standard InChI is InChI=1S/C24H27ClFN5O/c1-16(2)23-17(14-29-31(23)21-10-3-4-11-27-21)24(32)28-15-20(30-12-5-6-13-30)22-18(25)8-7-9-19(22)26/h3-4,7-11,14,16,20H,5-6,12-13,15H2,1-2H3,(H,28,32). The lowest BCUT2D eigenvalue weighted by atomic mass is 10.0. The van der Waals surface area contributed by atoms with Crippen molar-refractivity contribution in [3.63, 3.8) is 0 Å². The van der Waals surface area contributed by atoms with Gasteiger partial charge < -0.3 is 5.32 Å². The van der Waals surface area contributed by atoms with Gasteiger partial charge in [-0.05, 0) is 56.1 Å². The minimum atomic E-state index is -0.352. The van der Waals surface area contributed by atoms with E-state index in [1.807, 2.05) is 32.0 Å². The van der Waals surface area contributed by atoms with Crippen molar-refractivity contribution in [3.8, 4) is 5.82 Å². The van der Waals surface area contributed by atoms with Crippen LogP contribution >= 0.6 is 11.6 Å². The molecule has 3 aromatic rings. The molecule has 1 amide bonds. The number of likely N-dealkylation sites (tertiary alicyclic amines) is 1. The van der Waals surface area contributed by atoms with Gasteiger partial charge >= 0.3 is 0 Å². The van der Waals surface area contributed by atoms with Gasteiger partial charge in [0, 0.05) is 23.3 Å². The molecule has 3 heterocycles. The van der Waals surface area contributed by atoms with Gasteiger partial charge in [-0.1, -0.05) is 37.6 Å². The third-order valence-electron chi connectivity index (χ3n) is 5.83. The number of rotatable bonds is 7. The number of hydrogen-bond acceptors (Lipinski definition) is 4. The molecule has 0 saturated carbocycles. The number of amides is 1. The Labute approximate surface area is 192 Å². The van der Waals surface area contributed by atoms with Crippen molar-refractivity contribution in [2.75, 3.05) is 19.6 Å². The Morgan fingerprint density at radius 2 is 1.97 bits per heavy atom. The van der Waals surface area contributed by atoms with Crippen molar-refractivity contribution in [2.45, 2.75) is 38.6 Å². The van der Waals surface area contributed by atoms with E-state index in [9.17, 15) is 9.18 Å². The maximum atomic E-state index is 14.7. The molecule has 4 rings (SSSR count). The fourth-order valence-corrected chi connectivity index (χ4v) is 4.62. The van der Waals surface area contributed by atoms with E-state index in [0.29, 0.717) is 22.0 Å². The number of nitrogens with one attached hydrogen (secondary N) is 1. The quantitative estimate of drug-likeness (QED) is 0.558. The Balaban J connectivity index is 1.60. The van der Waals surface area contributed by atoms with Crippen LogP contribution in [0, 0.1) is 5.82 Å². The predicted octanol–water partition coefficient (Wildman–Crippen LogP) is 4.75. The highest BCUT2D eigenvalue weighted by molar-refractivity contribution is 6.31. The zero-order valence-corrected chi connectivity index (χ0v) is 19.0. The molecule has 0 aliphatic carbocycles. The van der Waals surface area contributed by atoms with Crippen molar-refractivity contribution >= 4 is 17.5 Å². The number of nitrogens with zero attached hydrogens (tertiary/aromatic N) is 4. The molecule has 1 fully saturated rings. The van der Waals surface area contributed by atoms with Crippen LogP contribution in [0.4, 0.5) is 4.39 Å². The first-order valence-corrected chi connectivity index (χ1v) is 11.3. The van der Waals surface area contributed by atoms with Crippen LogP contribution in [-0.4, -0.2) is 45.2 Å². The lowest BCUT2D eigenvalue weighted by Gasteiger charge is -2.29. The van der Waals surface area contributed by atoms with Gasteiger partial charge in [0.15, 0.2) is 5.82 Å². The molecule has 1 aliphatic rings. The van der Waals surface area contributed by atoms with E-state index in [-0.39, 0.29) is 30.2 Å². The third kappa shape index (κ3) is 4.54. The number of aromatic nitrogens is 3. The van der Waals surface area contributed by atoms with Crippen LogP contribution in [0.3, 0.4) is 0 Å². The van der Waals surface area contributed by atoms with Gasteiger partial charge in [0.25, 0.3) is 5.91 Å². The van der Waals surface area contributed by atoms with Crippen molar-refractivity contribution in [1.82, 2.24) is 25.0 Å². The number of carbonyl (C=O) groups excluding carboxylic acids is 1. The number of hydrogen-bond donors (Lipinski definition) is 1. The van der Waals surface area contributed by atoms with Gasteiger partial charge in [-0.2, -0.15) is 5.10 Å². The van der Waals surface area contributed by atoms with E-state index in [2.05, 4.69) is 20.3 Å². The molecule has 2 aromatic heterocycles. The summed E-state index contributed by atoms with van der Waals surface area (Å²) in [6.45, 7) is 5.98. The second kappa shape index (κ2) is 9.79. The van der Waals surface area contributed by atoms with Gasteiger partial charge in [-0.25, -0.2) is 14.1 Å². The van der Waals surface area contributed by atoms with Gasteiger partial charge in [-0.15, -0.1) is 0 Å². The van der Waals surface area contributed by atoms with E-state index in [1.54, 1.807) is 29.2 Å². The van der Waals surface area contributed by atoms with Crippen LogP contribution in [0.15, 0.2) is 48.8 Å². The molecule has 0 bridgehead atoms. The van der Waals surface area contributed by atoms with Crippen LogP contribution in [-0.2, 0) is 0 Å². The summed E-state index contributed by atoms with van der Waals surface area (Å²) in [5.41, 5.74) is 1.71. The molecule has 32 heavy (non-hydrogen) atoms. The lowest BCUT2D eigenvalue weighted by molar-refractivity contribution is 0.0935. The lowest BCUT2D eigenvalue weighted by Crippen LogP contribution is -2.37. The minimum Gasteiger partial charge on any atom is -0.350 e. The first kappa shape index (κ1) is 22.4.